The predicted molar refractivity (Wildman–Crippen MR) is 92.2 cm³/mol. The number of piperidine rings is 1. The van der Waals surface area contributed by atoms with Gasteiger partial charge in [-0.3, -0.25) is 0 Å². The molecular formula is C14H20N2O2S3. The molecule has 2 rings (SSSR count). The van der Waals surface area contributed by atoms with Crippen molar-refractivity contribution in [3.63, 3.8) is 0 Å². The van der Waals surface area contributed by atoms with Gasteiger partial charge in [-0.2, -0.15) is 16.1 Å². The molecule has 0 aliphatic carbocycles. The zero-order valence-corrected chi connectivity index (χ0v) is 14.7. The molecule has 1 saturated heterocycles. The Kier molecular flexibility index (Phi) is 4.97. The number of aryl methyl sites for hydroxylation is 1. The highest BCUT2D eigenvalue weighted by atomic mass is 32.2. The lowest BCUT2D eigenvalue weighted by atomic mass is 9.97. The molecule has 2 N–H and O–H groups in total. The molecule has 116 valence electrons. The van der Waals surface area contributed by atoms with Gasteiger partial charge in [-0.1, -0.05) is 24.4 Å². The van der Waals surface area contributed by atoms with E-state index in [4.69, 9.17) is 18.0 Å². The van der Waals surface area contributed by atoms with Crippen molar-refractivity contribution in [1.29, 1.82) is 0 Å². The van der Waals surface area contributed by atoms with Gasteiger partial charge in [0.05, 0.1) is 14.6 Å². The Balaban J connectivity index is 2.20. The van der Waals surface area contributed by atoms with Gasteiger partial charge in [-0.05, 0) is 43.7 Å². The van der Waals surface area contributed by atoms with Gasteiger partial charge in [-0.15, -0.1) is 0 Å². The molecule has 1 aliphatic heterocycles. The molecule has 0 aromatic heterocycles. The summed E-state index contributed by atoms with van der Waals surface area (Å²) in [6.45, 7) is 2.80. The minimum absolute atomic E-state index is 0.270. The summed E-state index contributed by atoms with van der Waals surface area (Å²) in [6, 6.07) is 7.01. The standard InChI is InChI=1S/C14H20N2O2S3/c1-11-4-3-5-12(10-11)21(17,18)16-8-6-14(20-2,7-9-16)13(15)19/h3-5,10H,6-9H2,1-2H3,(H2,15,19). The third-order valence-corrected chi connectivity index (χ3v) is 7.82. The number of benzene rings is 1. The highest BCUT2D eigenvalue weighted by Crippen LogP contribution is 2.36. The average Bonchev–Trinajstić information content (AvgIpc) is 2.47. The molecule has 1 aliphatic rings. The van der Waals surface area contributed by atoms with Crippen LogP contribution in [0.25, 0.3) is 0 Å². The average molecular weight is 345 g/mol. The molecule has 21 heavy (non-hydrogen) atoms. The van der Waals surface area contributed by atoms with Gasteiger partial charge >= 0.3 is 0 Å². The van der Waals surface area contributed by atoms with E-state index in [-0.39, 0.29) is 4.75 Å². The second kappa shape index (κ2) is 6.24. The van der Waals surface area contributed by atoms with Gasteiger partial charge in [0.15, 0.2) is 0 Å². The lowest BCUT2D eigenvalue weighted by Gasteiger charge is -2.39. The minimum Gasteiger partial charge on any atom is -0.392 e. The van der Waals surface area contributed by atoms with E-state index in [1.807, 2.05) is 19.2 Å². The Morgan fingerprint density at radius 2 is 2.00 bits per heavy atom. The molecule has 0 atom stereocenters. The van der Waals surface area contributed by atoms with Gasteiger partial charge in [0.1, 0.15) is 0 Å². The summed E-state index contributed by atoms with van der Waals surface area (Å²) in [4.78, 5) is 0.831. The third kappa shape index (κ3) is 3.26. The van der Waals surface area contributed by atoms with Crippen LogP contribution in [0.2, 0.25) is 0 Å². The van der Waals surface area contributed by atoms with E-state index in [1.165, 1.54) is 4.31 Å². The van der Waals surface area contributed by atoms with Crippen LogP contribution in [-0.2, 0) is 10.0 Å². The Bertz CT molecular complexity index is 635. The molecule has 4 nitrogen and oxygen atoms in total. The Morgan fingerprint density at radius 1 is 1.38 bits per heavy atom. The monoisotopic (exact) mass is 344 g/mol. The highest BCUT2D eigenvalue weighted by Gasteiger charge is 2.40. The number of hydrogen-bond acceptors (Lipinski definition) is 4. The molecule has 7 heteroatoms. The molecule has 0 bridgehead atoms. The summed E-state index contributed by atoms with van der Waals surface area (Å²) >= 11 is 6.78. The number of nitrogens with zero attached hydrogens (tertiary/aromatic N) is 1. The van der Waals surface area contributed by atoms with Crippen LogP contribution in [0.15, 0.2) is 29.2 Å². The molecule has 0 radical (unpaired) electrons. The van der Waals surface area contributed by atoms with Crippen LogP contribution in [0.4, 0.5) is 0 Å². The highest BCUT2D eigenvalue weighted by molar-refractivity contribution is 8.02. The van der Waals surface area contributed by atoms with E-state index in [1.54, 1.807) is 30.0 Å². The number of thioether (sulfide) groups is 1. The Hall–Kier alpha value is -0.630. The van der Waals surface area contributed by atoms with Crippen LogP contribution in [0, 0.1) is 6.92 Å². The molecular weight excluding hydrogens is 324 g/mol. The number of nitrogens with two attached hydrogens (primary N) is 1. The quantitative estimate of drug-likeness (QED) is 0.848. The maximum Gasteiger partial charge on any atom is 0.243 e. The van der Waals surface area contributed by atoms with Crippen molar-refractivity contribution < 1.29 is 8.42 Å². The van der Waals surface area contributed by atoms with Crippen molar-refractivity contribution in [2.45, 2.75) is 29.4 Å². The van der Waals surface area contributed by atoms with Gasteiger partial charge in [-0.25, -0.2) is 8.42 Å². The lowest BCUT2D eigenvalue weighted by molar-refractivity contribution is 0.333. The maximum atomic E-state index is 12.7. The summed E-state index contributed by atoms with van der Waals surface area (Å²) < 4.78 is 26.6. The molecule has 0 amide bonds. The van der Waals surface area contributed by atoms with E-state index in [0.717, 1.165) is 5.56 Å². The van der Waals surface area contributed by atoms with Crippen LogP contribution < -0.4 is 5.73 Å². The van der Waals surface area contributed by atoms with Crippen LogP contribution in [0.1, 0.15) is 18.4 Å². The fraction of sp³-hybridized carbons (Fsp3) is 0.500. The summed E-state index contributed by atoms with van der Waals surface area (Å²) in [7, 11) is -3.43. The number of hydrogen-bond donors (Lipinski definition) is 1. The first kappa shape index (κ1) is 16.7. The second-order valence-electron chi connectivity index (χ2n) is 5.28. The summed E-state index contributed by atoms with van der Waals surface area (Å²) in [5.74, 6) is 0. The van der Waals surface area contributed by atoms with E-state index in [2.05, 4.69) is 0 Å². The maximum absolute atomic E-state index is 12.7. The van der Waals surface area contributed by atoms with Crippen LogP contribution in [-0.4, -0.2) is 41.8 Å². The SMILES string of the molecule is CSC1(C(N)=S)CCN(S(=O)(=O)c2cccc(C)c2)CC1. The Morgan fingerprint density at radius 3 is 2.48 bits per heavy atom. The summed E-state index contributed by atoms with van der Waals surface area (Å²) in [5.41, 5.74) is 6.78. The molecule has 1 aromatic carbocycles. The van der Waals surface area contributed by atoms with Gasteiger partial charge < -0.3 is 5.73 Å². The van der Waals surface area contributed by atoms with Crippen molar-refractivity contribution in [3.05, 3.63) is 29.8 Å². The first-order valence-corrected chi connectivity index (χ1v) is 9.81. The number of rotatable bonds is 4. The van der Waals surface area contributed by atoms with Crippen molar-refractivity contribution >= 4 is 39.0 Å². The van der Waals surface area contributed by atoms with Crippen molar-refractivity contribution in [2.75, 3.05) is 19.3 Å². The zero-order valence-electron chi connectivity index (χ0n) is 12.2. The fourth-order valence-electron chi connectivity index (χ4n) is 2.56. The summed E-state index contributed by atoms with van der Waals surface area (Å²) in [5, 5.41) is 0. The van der Waals surface area contributed by atoms with Crippen LogP contribution >= 0.6 is 24.0 Å². The first-order chi connectivity index (χ1) is 9.82. The molecule has 0 unspecified atom stereocenters. The second-order valence-corrected chi connectivity index (χ2v) is 8.85. The molecule has 0 saturated carbocycles. The number of thiocarbonyl (C=S) groups is 1. The van der Waals surface area contributed by atoms with Crippen molar-refractivity contribution in [1.82, 2.24) is 4.31 Å². The Labute approximate surface area is 136 Å². The first-order valence-electron chi connectivity index (χ1n) is 6.74. The van der Waals surface area contributed by atoms with Crippen molar-refractivity contribution in [3.8, 4) is 0 Å². The fourth-order valence-corrected chi connectivity index (χ4v) is 5.36. The van der Waals surface area contributed by atoms with Crippen molar-refractivity contribution in [2.24, 2.45) is 5.73 Å². The zero-order chi connectivity index (χ0) is 15.7. The van der Waals surface area contributed by atoms with Gasteiger partial charge in [0, 0.05) is 13.1 Å². The topological polar surface area (TPSA) is 63.4 Å². The normalized spacial score (nSPS) is 19.3. The van der Waals surface area contributed by atoms with E-state index in [9.17, 15) is 8.42 Å². The van der Waals surface area contributed by atoms with Gasteiger partial charge in [0.25, 0.3) is 0 Å². The van der Waals surface area contributed by atoms with E-state index in [0.29, 0.717) is 35.8 Å². The molecule has 1 fully saturated rings. The smallest absolute Gasteiger partial charge is 0.243 e. The lowest BCUT2D eigenvalue weighted by Crippen LogP contribution is -2.50. The summed E-state index contributed by atoms with van der Waals surface area (Å²) in [6.07, 6.45) is 3.30. The molecule has 0 spiro atoms. The van der Waals surface area contributed by atoms with Crippen LogP contribution in [0.3, 0.4) is 0 Å². The molecule has 1 aromatic rings. The van der Waals surface area contributed by atoms with Gasteiger partial charge in [0.2, 0.25) is 10.0 Å². The number of sulfonamides is 1. The predicted octanol–water partition coefficient (Wildman–Crippen LogP) is 2.17. The van der Waals surface area contributed by atoms with E-state index < -0.39 is 10.0 Å². The minimum atomic E-state index is -3.43. The molecule has 1 heterocycles. The third-order valence-electron chi connectivity index (χ3n) is 4.00. The largest absolute Gasteiger partial charge is 0.392 e. The van der Waals surface area contributed by atoms with E-state index >= 15 is 0 Å². The van der Waals surface area contributed by atoms with Crippen LogP contribution in [0.5, 0.6) is 0 Å².